The summed E-state index contributed by atoms with van der Waals surface area (Å²) in [5.74, 6) is 0.682. The molecule has 1 N–H and O–H groups in total. The lowest BCUT2D eigenvalue weighted by Crippen LogP contribution is -2.21. The monoisotopic (exact) mass is 273 g/mol. The maximum Gasteiger partial charge on any atom is 0.123 e. The van der Waals surface area contributed by atoms with Gasteiger partial charge in [0, 0.05) is 6.04 Å². The van der Waals surface area contributed by atoms with Gasteiger partial charge in [-0.15, -0.1) is 0 Å². The van der Waals surface area contributed by atoms with Crippen LogP contribution in [-0.2, 0) is 6.42 Å². The highest BCUT2D eigenvalue weighted by atomic mass is 19.1. The van der Waals surface area contributed by atoms with E-state index in [0.717, 1.165) is 24.3 Å². The largest absolute Gasteiger partial charge is 0.497 e. The quantitative estimate of drug-likeness (QED) is 0.866. The van der Waals surface area contributed by atoms with Crippen molar-refractivity contribution in [1.29, 1.82) is 0 Å². The molecule has 2 aromatic carbocycles. The van der Waals surface area contributed by atoms with Gasteiger partial charge in [0.1, 0.15) is 11.6 Å². The minimum atomic E-state index is -0.188. The van der Waals surface area contributed by atoms with Crippen LogP contribution in [0.15, 0.2) is 48.5 Å². The maximum absolute atomic E-state index is 12.8. The van der Waals surface area contributed by atoms with Crippen LogP contribution < -0.4 is 10.1 Å². The molecule has 106 valence electrons. The van der Waals surface area contributed by atoms with E-state index in [2.05, 4.69) is 18.3 Å². The van der Waals surface area contributed by atoms with E-state index < -0.39 is 0 Å². The predicted octanol–water partition coefficient (Wildman–Crippen LogP) is 3.73. The minimum Gasteiger partial charge on any atom is -0.497 e. The van der Waals surface area contributed by atoms with Crippen LogP contribution in [0.25, 0.3) is 0 Å². The first kappa shape index (κ1) is 14.5. The molecule has 2 nitrogen and oxygen atoms in total. The summed E-state index contributed by atoms with van der Waals surface area (Å²) >= 11 is 0. The normalized spacial score (nSPS) is 12.2. The van der Waals surface area contributed by atoms with Crippen molar-refractivity contribution < 1.29 is 9.13 Å². The topological polar surface area (TPSA) is 21.3 Å². The summed E-state index contributed by atoms with van der Waals surface area (Å²) in [6.07, 6.45) is 0.884. The summed E-state index contributed by atoms with van der Waals surface area (Å²) in [7, 11) is 1.67. The summed E-state index contributed by atoms with van der Waals surface area (Å²) in [6, 6.07) is 15.0. The summed E-state index contributed by atoms with van der Waals surface area (Å²) in [5.41, 5.74) is 2.33. The van der Waals surface area contributed by atoms with Gasteiger partial charge >= 0.3 is 0 Å². The van der Waals surface area contributed by atoms with Crippen LogP contribution in [0.3, 0.4) is 0 Å². The van der Waals surface area contributed by atoms with Crippen LogP contribution in [0.4, 0.5) is 4.39 Å². The van der Waals surface area contributed by atoms with Crippen LogP contribution in [0.1, 0.15) is 24.1 Å². The van der Waals surface area contributed by atoms with Gasteiger partial charge in [-0.05, 0) is 55.3 Å². The Labute approximate surface area is 119 Å². The molecule has 2 aromatic rings. The van der Waals surface area contributed by atoms with E-state index >= 15 is 0 Å². The van der Waals surface area contributed by atoms with Gasteiger partial charge in [0.25, 0.3) is 0 Å². The fraction of sp³-hybridized carbons (Fsp3) is 0.294. The van der Waals surface area contributed by atoms with Crippen molar-refractivity contribution in [2.24, 2.45) is 0 Å². The molecule has 0 aliphatic heterocycles. The Morgan fingerprint density at radius 1 is 1.15 bits per heavy atom. The van der Waals surface area contributed by atoms with Crippen molar-refractivity contribution >= 4 is 0 Å². The highest BCUT2D eigenvalue weighted by Gasteiger charge is 2.05. The Morgan fingerprint density at radius 2 is 1.90 bits per heavy atom. The molecule has 0 spiro atoms. The minimum absolute atomic E-state index is 0.188. The van der Waals surface area contributed by atoms with Crippen LogP contribution in [0.5, 0.6) is 5.75 Å². The summed E-state index contributed by atoms with van der Waals surface area (Å²) in [6.45, 7) is 2.98. The van der Waals surface area contributed by atoms with Crippen molar-refractivity contribution in [1.82, 2.24) is 5.32 Å². The number of hydrogen-bond acceptors (Lipinski definition) is 2. The summed E-state index contributed by atoms with van der Waals surface area (Å²) in [5, 5.41) is 3.46. The Kier molecular flexibility index (Phi) is 5.13. The van der Waals surface area contributed by atoms with Gasteiger partial charge in [0.05, 0.1) is 7.11 Å². The van der Waals surface area contributed by atoms with E-state index in [-0.39, 0.29) is 11.9 Å². The van der Waals surface area contributed by atoms with Gasteiger partial charge in [-0.2, -0.15) is 0 Å². The lowest BCUT2D eigenvalue weighted by atomic mass is 10.1. The molecule has 0 aliphatic rings. The van der Waals surface area contributed by atoms with Gasteiger partial charge in [0.2, 0.25) is 0 Å². The van der Waals surface area contributed by atoms with Gasteiger partial charge in [-0.25, -0.2) is 4.39 Å². The van der Waals surface area contributed by atoms with Crippen molar-refractivity contribution in [3.63, 3.8) is 0 Å². The van der Waals surface area contributed by atoms with E-state index in [1.165, 1.54) is 17.7 Å². The summed E-state index contributed by atoms with van der Waals surface area (Å²) in [4.78, 5) is 0. The van der Waals surface area contributed by atoms with Gasteiger partial charge < -0.3 is 10.1 Å². The van der Waals surface area contributed by atoms with Gasteiger partial charge in [0.15, 0.2) is 0 Å². The molecule has 0 saturated carbocycles. The molecule has 0 saturated heterocycles. The number of methoxy groups -OCH3 is 1. The first-order valence-electron chi connectivity index (χ1n) is 6.81. The Balaban J connectivity index is 1.85. The molecular formula is C17H20FNO. The molecular weight excluding hydrogens is 253 g/mol. The number of nitrogens with one attached hydrogen (secondary N) is 1. The highest BCUT2D eigenvalue weighted by Crippen LogP contribution is 2.18. The number of rotatable bonds is 6. The van der Waals surface area contributed by atoms with E-state index in [1.54, 1.807) is 7.11 Å². The average molecular weight is 273 g/mol. The lowest BCUT2D eigenvalue weighted by Gasteiger charge is -2.15. The van der Waals surface area contributed by atoms with Crippen molar-refractivity contribution in [2.45, 2.75) is 19.4 Å². The Hall–Kier alpha value is -1.87. The van der Waals surface area contributed by atoms with Crippen molar-refractivity contribution in [2.75, 3.05) is 13.7 Å². The number of benzene rings is 2. The zero-order chi connectivity index (χ0) is 14.4. The van der Waals surface area contributed by atoms with Crippen LogP contribution in [-0.4, -0.2) is 13.7 Å². The second-order valence-electron chi connectivity index (χ2n) is 4.83. The molecule has 1 atom stereocenters. The molecule has 0 heterocycles. The van der Waals surface area contributed by atoms with Crippen molar-refractivity contribution in [3.8, 4) is 5.75 Å². The number of hydrogen-bond donors (Lipinski definition) is 1. The zero-order valence-corrected chi connectivity index (χ0v) is 11.9. The van der Waals surface area contributed by atoms with E-state index in [9.17, 15) is 4.39 Å². The maximum atomic E-state index is 12.8. The molecule has 0 radical (unpaired) electrons. The first-order chi connectivity index (χ1) is 9.69. The first-order valence-corrected chi connectivity index (χ1v) is 6.81. The van der Waals surface area contributed by atoms with E-state index in [4.69, 9.17) is 4.74 Å². The molecule has 0 amide bonds. The third-order valence-corrected chi connectivity index (χ3v) is 3.37. The predicted molar refractivity (Wildman–Crippen MR) is 79.5 cm³/mol. The van der Waals surface area contributed by atoms with E-state index in [0.29, 0.717) is 0 Å². The lowest BCUT2D eigenvalue weighted by molar-refractivity contribution is 0.413. The molecule has 3 heteroatoms. The average Bonchev–Trinajstić information content (AvgIpc) is 2.49. The third kappa shape index (κ3) is 4.07. The number of halogens is 1. The fourth-order valence-electron chi connectivity index (χ4n) is 2.11. The van der Waals surface area contributed by atoms with Crippen LogP contribution >= 0.6 is 0 Å². The zero-order valence-electron chi connectivity index (χ0n) is 11.9. The molecule has 0 aromatic heterocycles. The second kappa shape index (κ2) is 7.06. The summed E-state index contributed by atoms with van der Waals surface area (Å²) < 4.78 is 18.0. The highest BCUT2D eigenvalue weighted by molar-refractivity contribution is 5.30. The molecule has 0 bridgehead atoms. The third-order valence-electron chi connectivity index (χ3n) is 3.37. The van der Waals surface area contributed by atoms with Crippen molar-refractivity contribution in [3.05, 3.63) is 65.5 Å². The molecule has 1 unspecified atom stereocenters. The number of ether oxygens (including phenoxy) is 1. The van der Waals surface area contributed by atoms with Crippen LogP contribution in [0, 0.1) is 5.82 Å². The molecule has 20 heavy (non-hydrogen) atoms. The Bertz CT molecular complexity index is 539. The second-order valence-corrected chi connectivity index (χ2v) is 4.83. The molecule has 0 aliphatic carbocycles. The fourth-order valence-corrected chi connectivity index (χ4v) is 2.11. The molecule has 2 rings (SSSR count). The SMILES string of the molecule is COc1cccc(C(C)NCCc2ccc(F)cc2)c1. The smallest absolute Gasteiger partial charge is 0.123 e. The van der Waals surface area contributed by atoms with Gasteiger partial charge in [-0.3, -0.25) is 0 Å². The van der Waals surface area contributed by atoms with E-state index in [1.807, 2.05) is 30.3 Å². The standard InChI is InChI=1S/C17H20FNO/c1-13(15-4-3-5-17(12-15)20-2)19-11-10-14-6-8-16(18)9-7-14/h3-9,12-13,19H,10-11H2,1-2H3. The molecule has 0 fully saturated rings. The Morgan fingerprint density at radius 3 is 2.60 bits per heavy atom. The van der Waals surface area contributed by atoms with Crippen LogP contribution in [0.2, 0.25) is 0 Å². The van der Waals surface area contributed by atoms with Gasteiger partial charge in [-0.1, -0.05) is 24.3 Å².